The first-order chi connectivity index (χ1) is 31.8. The third-order valence-corrected chi connectivity index (χ3v) is 12.9. The number of hydrogen-bond acceptors (Lipinski definition) is 0. The van der Waals surface area contributed by atoms with Gasteiger partial charge in [-0.25, -0.2) is 0 Å². The first-order valence-electron chi connectivity index (χ1n) is 22.3. The van der Waals surface area contributed by atoms with E-state index >= 15 is 0 Å². The average Bonchev–Trinajstić information content (AvgIpc) is 3.94. The highest BCUT2D eigenvalue weighted by atomic mass is 14.3. The van der Waals surface area contributed by atoms with Gasteiger partial charge in [0.15, 0.2) is 0 Å². The summed E-state index contributed by atoms with van der Waals surface area (Å²) in [5.41, 5.74) is 22.8. The van der Waals surface area contributed by atoms with Crippen molar-refractivity contribution in [2.45, 2.75) is 0 Å². The summed E-state index contributed by atoms with van der Waals surface area (Å²) in [4.78, 5) is 0. The van der Waals surface area contributed by atoms with Gasteiger partial charge in [0.2, 0.25) is 13.4 Å². The monoisotopic (exact) mass is 810 g/mol. The van der Waals surface area contributed by atoms with Crippen molar-refractivity contribution in [2.24, 2.45) is 0 Å². The zero-order chi connectivity index (χ0) is 42.7. The quantitative estimate of drug-likeness (QED) is 0.121. The Morgan fingerprint density at radius 3 is 0.484 bits per heavy atom. The van der Waals surface area contributed by atoms with E-state index in [1.54, 1.807) is 0 Å². The van der Waals surface area contributed by atoms with E-state index in [1.165, 1.54) is 99.6 Å². The molecule has 0 nitrogen and oxygen atoms in total. The van der Waals surface area contributed by atoms with Crippen molar-refractivity contribution in [3.8, 4) is 0 Å². The highest BCUT2D eigenvalue weighted by Gasteiger charge is 2.42. The molecule has 0 atom stereocenters. The van der Waals surface area contributed by atoms with Crippen LogP contribution in [0.15, 0.2) is 267 Å². The number of allylic oxidation sites excluding steroid dienone is 4. The molecule has 0 radical (unpaired) electrons. The maximum absolute atomic E-state index is 2.43. The van der Waals surface area contributed by atoms with Gasteiger partial charge < -0.3 is 0 Å². The molecule has 0 spiro atoms. The van der Waals surface area contributed by atoms with Gasteiger partial charge in [-0.2, -0.15) is 0 Å². The SMILES string of the molecule is c1ccc(C2=C(c3ccccc3)C(c3ccccc3)=C(c3ccccc3)B2c2ccc(B3C(c4ccccc4)=C(c4ccccc4)C(c4ccccc4)=C3c3ccccc3)cc2)cc1. The van der Waals surface area contributed by atoms with Crippen molar-refractivity contribution in [2.75, 3.05) is 0 Å². The van der Waals surface area contributed by atoms with Crippen LogP contribution in [0.2, 0.25) is 0 Å². The molecule has 0 saturated heterocycles. The minimum absolute atomic E-state index is 0.0409. The molecule has 64 heavy (non-hydrogen) atoms. The smallest absolute Gasteiger partial charge is 0.0686 e. The normalized spacial score (nSPS) is 13.9. The molecular formula is C62H44B2. The Hall–Kier alpha value is -7.93. The molecular weight excluding hydrogens is 766 g/mol. The zero-order valence-electron chi connectivity index (χ0n) is 35.6. The first-order valence-corrected chi connectivity index (χ1v) is 22.3. The topological polar surface area (TPSA) is 0 Å². The van der Waals surface area contributed by atoms with Gasteiger partial charge in [0.25, 0.3) is 0 Å². The maximum Gasteiger partial charge on any atom is 0.244 e. The molecule has 2 heteroatoms. The Kier molecular flexibility index (Phi) is 10.6. The minimum atomic E-state index is -0.0409. The third kappa shape index (κ3) is 7.14. The Bertz CT molecular complexity index is 2760. The van der Waals surface area contributed by atoms with Gasteiger partial charge in [0.05, 0.1) is 0 Å². The van der Waals surface area contributed by atoms with E-state index in [0.29, 0.717) is 0 Å². The molecule has 9 aromatic rings. The first kappa shape index (κ1) is 39.0. The van der Waals surface area contributed by atoms with E-state index < -0.39 is 0 Å². The van der Waals surface area contributed by atoms with Crippen molar-refractivity contribution < 1.29 is 0 Å². The predicted molar refractivity (Wildman–Crippen MR) is 276 cm³/mol. The summed E-state index contributed by atoms with van der Waals surface area (Å²) in [6.07, 6.45) is 0. The number of hydrogen-bond donors (Lipinski definition) is 0. The largest absolute Gasteiger partial charge is 0.244 e. The Morgan fingerprint density at radius 1 is 0.156 bits per heavy atom. The second-order valence-electron chi connectivity index (χ2n) is 16.6. The lowest BCUT2D eigenvalue weighted by molar-refractivity contribution is 1.58. The van der Waals surface area contributed by atoms with Gasteiger partial charge in [-0.1, -0.05) is 300 Å². The third-order valence-electron chi connectivity index (χ3n) is 12.9. The molecule has 0 N–H and O–H groups in total. The van der Waals surface area contributed by atoms with Crippen LogP contribution in [0.25, 0.3) is 44.2 Å². The maximum atomic E-state index is 2.43. The summed E-state index contributed by atoms with van der Waals surface area (Å²) in [5, 5.41) is 0. The molecule has 9 aromatic carbocycles. The number of rotatable bonds is 10. The molecule has 0 amide bonds. The molecule has 0 saturated carbocycles. The average molecular weight is 811 g/mol. The highest BCUT2D eigenvalue weighted by molar-refractivity contribution is 7.10. The lowest BCUT2D eigenvalue weighted by atomic mass is 9.33. The van der Waals surface area contributed by atoms with Crippen molar-refractivity contribution >= 4 is 68.5 Å². The summed E-state index contributed by atoms with van der Waals surface area (Å²) < 4.78 is 0. The van der Waals surface area contributed by atoms with Crippen LogP contribution < -0.4 is 10.9 Å². The van der Waals surface area contributed by atoms with Gasteiger partial charge in [0, 0.05) is 0 Å². The van der Waals surface area contributed by atoms with E-state index in [0.717, 1.165) is 0 Å². The van der Waals surface area contributed by atoms with Crippen LogP contribution in [0, 0.1) is 0 Å². The molecule has 11 rings (SSSR count). The minimum Gasteiger partial charge on any atom is -0.0686 e. The van der Waals surface area contributed by atoms with Crippen molar-refractivity contribution in [1.82, 2.24) is 0 Å². The predicted octanol–water partition coefficient (Wildman–Crippen LogP) is 13.7. The molecule has 0 aliphatic carbocycles. The second kappa shape index (κ2) is 17.4. The summed E-state index contributed by atoms with van der Waals surface area (Å²) in [5.74, 6) is 0. The molecule has 0 aromatic heterocycles. The van der Waals surface area contributed by atoms with E-state index in [2.05, 4.69) is 267 Å². The van der Waals surface area contributed by atoms with Gasteiger partial charge in [0.1, 0.15) is 0 Å². The van der Waals surface area contributed by atoms with E-state index in [1.807, 2.05) is 0 Å². The second-order valence-corrected chi connectivity index (χ2v) is 16.6. The zero-order valence-corrected chi connectivity index (χ0v) is 35.6. The lowest BCUT2D eigenvalue weighted by Crippen LogP contribution is -2.37. The van der Waals surface area contributed by atoms with Crippen molar-refractivity contribution in [3.05, 3.63) is 311 Å². The van der Waals surface area contributed by atoms with E-state index in [4.69, 9.17) is 0 Å². The Labute approximate surface area is 378 Å². The van der Waals surface area contributed by atoms with Gasteiger partial charge in [-0.15, -0.1) is 0 Å². The summed E-state index contributed by atoms with van der Waals surface area (Å²) in [7, 11) is 0. The lowest BCUT2D eigenvalue weighted by Gasteiger charge is -2.22. The molecule has 2 heterocycles. The van der Waals surface area contributed by atoms with Crippen LogP contribution in [0.5, 0.6) is 0 Å². The Balaban J connectivity index is 1.18. The van der Waals surface area contributed by atoms with Crippen LogP contribution in [0.1, 0.15) is 44.5 Å². The van der Waals surface area contributed by atoms with E-state index in [9.17, 15) is 0 Å². The van der Waals surface area contributed by atoms with Crippen molar-refractivity contribution in [1.29, 1.82) is 0 Å². The standard InChI is InChI=1S/C62H44B2/c1-9-25-45(26-10-1)55-56(46-27-11-2-12-28-46)60(50-35-19-6-20-36-50)63(59(55)49-33-17-5-18-34-49)53-41-43-54(44-42-53)64-61(51-37-21-7-22-38-51)57(47-29-13-3-14-30-47)58(48-31-15-4-16-32-48)62(64)52-39-23-8-24-40-52/h1-44H. The molecule has 298 valence electrons. The molecule has 2 aliphatic heterocycles. The number of benzene rings is 9. The van der Waals surface area contributed by atoms with Gasteiger partial charge in [-0.3, -0.25) is 0 Å². The van der Waals surface area contributed by atoms with Crippen LogP contribution in [0.3, 0.4) is 0 Å². The van der Waals surface area contributed by atoms with E-state index in [-0.39, 0.29) is 13.4 Å². The molecule has 2 aliphatic rings. The fourth-order valence-electron chi connectivity index (χ4n) is 10.3. The van der Waals surface area contributed by atoms with Crippen LogP contribution >= 0.6 is 0 Å². The molecule has 0 fully saturated rings. The highest BCUT2D eigenvalue weighted by Crippen LogP contribution is 2.52. The van der Waals surface area contributed by atoms with Crippen molar-refractivity contribution in [3.63, 3.8) is 0 Å². The molecule has 0 unspecified atom stereocenters. The fourth-order valence-corrected chi connectivity index (χ4v) is 10.3. The van der Waals surface area contributed by atoms with Crippen LogP contribution in [-0.4, -0.2) is 13.4 Å². The molecule has 0 bridgehead atoms. The summed E-state index contributed by atoms with van der Waals surface area (Å²) in [6.45, 7) is -0.0817. The van der Waals surface area contributed by atoms with Crippen LogP contribution in [-0.2, 0) is 0 Å². The van der Waals surface area contributed by atoms with Gasteiger partial charge in [-0.05, 0) is 66.8 Å². The summed E-state index contributed by atoms with van der Waals surface area (Å²) >= 11 is 0. The van der Waals surface area contributed by atoms with Crippen LogP contribution in [0.4, 0.5) is 0 Å². The van der Waals surface area contributed by atoms with Gasteiger partial charge >= 0.3 is 0 Å². The Morgan fingerprint density at radius 2 is 0.312 bits per heavy atom. The summed E-state index contributed by atoms with van der Waals surface area (Å²) in [6, 6.07) is 98.0. The fraction of sp³-hybridized carbons (Fsp3) is 0.